The third-order valence-electron chi connectivity index (χ3n) is 0.749. The predicted octanol–water partition coefficient (Wildman–Crippen LogP) is 3.32. The molecule has 0 aliphatic heterocycles. The van der Waals surface area contributed by atoms with Gasteiger partial charge >= 0.3 is 0 Å². The van der Waals surface area contributed by atoms with Gasteiger partial charge in [0, 0.05) is 5.33 Å². The van der Waals surface area contributed by atoms with Crippen LogP contribution in [0.3, 0.4) is 0 Å². The first-order valence-corrected chi connectivity index (χ1v) is 8.35. The molecule has 4 heteroatoms. The van der Waals surface area contributed by atoms with E-state index in [1.54, 1.807) is 0 Å². The highest BCUT2D eigenvalue weighted by atomic mass is 79.9. The lowest BCUT2D eigenvalue weighted by molar-refractivity contribution is 1.09. The molecule has 0 aromatic rings. The highest BCUT2D eigenvalue weighted by Crippen LogP contribution is 2.21. The van der Waals surface area contributed by atoms with Gasteiger partial charge in [-0.1, -0.05) is 15.9 Å². The molecule has 0 aromatic heterocycles. The zero-order valence-electron chi connectivity index (χ0n) is 4.76. The third kappa shape index (κ3) is 7.28. The van der Waals surface area contributed by atoms with E-state index in [0.717, 1.165) is 17.8 Å². The molecule has 0 fully saturated rings. The molecular weight excluding hydrogens is 227 g/mol. The van der Waals surface area contributed by atoms with E-state index in [2.05, 4.69) is 15.9 Å². The van der Waals surface area contributed by atoms with E-state index >= 15 is 0 Å². The Morgan fingerprint density at radius 2 is 2.00 bits per heavy atom. The van der Waals surface area contributed by atoms with Crippen LogP contribution < -0.4 is 0 Å². The summed E-state index contributed by atoms with van der Waals surface area (Å²) in [5, 5.41) is 1.01. The van der Waals surface area contributed by atoms with E-state index in [1.165, 1.54) is 0 Å². The van der Waals surface area contributed by atoms with E-state index in [-0.39, 0.29) is 0 Å². The number of halogens is 3. The predicted molar refractivity (Wildman–Crippen MR) is 46.5 cm³/mol. The molecule has 0 heterocycles. The Morgan fingerprint density at radius 1 is 1.50 bits per heavy atom. The molecule has 50 valence electrons. The van der Waals surface area contributed by atoms with Gasteiger partial charge in [0.25, 0.3) is 0 Å². The highest BCUT2D eigenvalue weighted by Gasteiger charge is 2.18. The minimum Gasteiger partial charge on any atom is -0.146 e. The summed E-state index contributed by atoms with van der Waals surface area (Å²) in [5.74, 6) is 0. The summed E-state index contributed by atoms with van der Waals surface area (Å²) in [7, 11) is 0. The summed E-state index contributed by atoms with van der Waals surface area (Å²) in [4.78, 5) is 0. The van der Waals surface area contributed by atoms with Crippen LogP contribution in [0.4, 0.5) is 0 Å². The zero-order valence-corrected chi connectivity index (χ0v) is 8.85. The van der Waals surface area contributed by atoms with Crippen LogP contribution in [-0.4, -0.2) is 12.0 Å². The molecule has 0 nitrogen and oxygen atoms in total. The van der Waals surface area contributed by atoms with Crippen molar-refractivity contribution in [1.82, 2.24) is 0 Å². The highest BCUT2D eigenvalue weighted by molar-refractivity contribution is 9.09. The number of hydrogen-bond acceptors (Lipinski definition) is 0. The molecule has 0 atom stereocenters. The minimum absolute atomic E-state index is 0.987. The van der Waals surface area contributed by atoms with Crippen molar-refractivity contribution in [2.24, 2.45) is 0 Å². The maximum Gasteiger partial charge on any atom is 0.248 e. The number of rotatable bonds is 3. The SMILES string of the molecule is C[Si](Cl)(Cl)CCCBr. The van der Waals surface area contributed by atoms with E-state index < -0.39 is 6.69 Å². The van der Waals surface area contributed by atoms with Crippen LogP contribution in [0, 0.1) is 0 Å². The molecule has 0 unspecified atom stereocenters. The normalized spacial score (nSPS) is 12.0. The lowest BCUT2D eigenvalue weighted by atomic mass is 10.6. The monoisotopic (exact) mass is 234 g/mol. The molecule has 0 aliphatic rings. The topological polar surface area (TPSA) is 0 Å². The van der Waals surface area contributed by atoms with Gasteiger partial charge in [-0.25, -0.2) is 0 Å². The zero-order chi connectivity index (χ0) is 6.62. The Balaban J connectivity index is 3.11. The van der Waals surface area contributed by atoms with Gasteiger partial charge in [-0.2, -0.15) is 0 Å². The maximum atomic E-state index is 5.80. The second kappa shape index (κ2) is 4.15. The van der Waals surface area contributed by atoms with E-state index in [0.29, 0.717) is 0 Å². The summed E-state index contributed by atoms with van der Waals surface area (Å²) >= 11 is 14.9. The average molecular weight is 236 g/mol. The molecule has 0 spiro atoms. The van der Waals surface area contributed by atoms with Gasteiger partial charge in [-0.15, -0.1) is 22.2 Å². The van der Waals surface area contributed by atoms with Crippen LogP contribution in [0.2, 0.25) is 12.6 Å². The van der Waals surface area contributed by atoms with Crippen LogP contribution in [0.15, 0.2) is 0 Å². The third-order valence-corrected chi connectivity index (χ3v) is 3.68. The standard InChI is InChI=1S/C4H9BrCl2Si/c1-8(6,7)4-2-3-5/h2-4H2,1H3. The van der Waals surface area contributed by atoms with Crippen LogP contribution in [0.25, 0.3) is 0 Å². The first kappa shape index (κ1) is 9.28. The summed E-state index contributed by atoms with van der Waals surface area (Å²) in [6.45, 7) is 0.179. The summed E-state index contributed by atoms with van der Waals surface area (Å²) in [6, 6.07) is 0.987. The van der Waals surface area contributed by atoms with Crippen molar-refractivity contribution in [3.63, 3.8) is 0 Å². The Bertz CT molecular complexity index is 61.5. The smallest absolute Gasteiger partial charge is 0.146 e. The first-order valence-electron chi connectivity index (χ1n) is 2.50. The van der Waals surface area contributed by atoms with Gasteiger partial charge < -0.3 is 0 Å². The van der Waals surface area contributed by atoms with Crippen molar-refractivity contribution < 1.29 is 0 Å². The van der Waals surface area contributed by atoms with Crippen molar-refractivity contribution in [2.45, 2.75) is 19.0 Å². The second-order valence-corrected chi connectivity index (χ2v) is 10.9. The Kier molecular flexibility index (Phi) is 4.81. The molecule has 0 radical (unpaired) electrons. The van der Waals surface area contributed by atoms with Crippen LogP contribution in [0.1, 0.15) is 6.42 Å². The molecule has 0 saturated heterocycles. The second-order valence-electron chi connectivity index (χ2n) is 1.86. The van der Waals surface area contributed by atoms with Gasteiger partial charge in [-0.05, 0) is 19.0 Å². The summed E-state index contributed by atoms with van der Waals surface area (Å²) < 4.78 is 0. The van der Waals surface area contributed by atoms with E-state index in [4.69, 9.17) is 22.2 Å². The van der Waals surface area contributed by atoms with Crippen molar-refractivity contribution in [3.05, 3.63) is 0 Å². The minimum atomic E-state index is -1.76. The van der Waals surface area contributed by atoms with Crippen LogP contribution in [-0.2, 0) is 0 Å². The van der Waals surface area contributed by atoms with Crippen molar-refractivity contribution >= 4 is 44.8 Å². The lowest BCUT2D eigenvalue weighted by Crippen LogP contribution is -2.11. The quantitative estimate of drug-likeness (QED) is 0.400. The van der Waals surface area contributed by atoms with Crippen LogP contribution >= 0.6 is 38.1 Å². The number of hydrogen-bond donors (Lipinski definition) is 0. The molecule has 0 rings (SSSR count). The maximum absolute atomic E-state index is 5.80. The summed E-state index contributed by atoms with van der Waals surface area (Å²) in [5.41, 5.74) is 0. The summed E-state index contributed by atoms with van der Waals surface area (Å²) in [6.07, 6.45) is 1.09. The molecule has 0 bridgehead atoms. The Morgan fingerprint density at radius 3 is 2.12 bits per heavy atom. The van der Waals surface area contributed by atoms with Crippen molar-refractivity contribution in [1.29, 1.82) is 0 Å². The average Bonchev–Trinajstić information content (AvgIpc) is 1.59. The number of alkyl halides is 1. The Labute approximate surface area is 69.1 Å². The van der Waals surface area contributed by atoms with Crippen molar-refractivity contribution in [3.8, 4) is 0 Å². The fourth-order valence-electron chi connectivity index (χ4n) is 0.377. The van der Waals surface area contributed by atoms with Gasteiger partial charge in [0.15, 0.2) is 0 Å². The Hall–Kier alpha value is 1.28. The van der Waals surface area contributed by atoms with Gasteiger partial charge in [0.05, 0.1) is 0 Å². The fourth-order valence-corrected chi connectivity index (χ4v) is 2.77. The molecule has 0 aromatic carbocycles. The molecule has 0 saturated carbocycles. The molecule has 0 N–H and O–H groups in total. The molecule has 8 heavy (non-hydrogen) atoms. The lowest BCUT2D eigenvalue weighted by Gasteiger charge is -2.06. The first-order chi connectivity index (χ1) is 3.56. The largest absolute Gasteiger partial charge is 0.248 e. The van der Waals surface area contributed by atoms with E-state index in [1.807, 2.05) is 6.55 Å². The van der Waals surface area contributed by atoms with Gasteiger partial charge in [0.1, 0.15) is 0 Å². The van der Waals surface area contributed by atoms with E-state index in [9.17, 15) is 0 Å². The molecular formula is C4H9BrCl2Si. The molecule has 0 aliphatic carbocycles. The van der Waals surface area contributed by atoms with Gasteiger partial charge in [0.2, 0.25) is 6.69 Å². The molecule has 0 amide bonds. The van der Waals surface area contributed by atoms with Crippen LogP contribution in [0.5, 0.6) is 0 Å². The van der Waals surface area contributed by atoms with Gasteiger partial charge in [-0.3, -0.25) is 0 Å². The fraction of sp³-hybridized carbons (Fsp3) is 1.00. The van der Waals surface area contributed by atoms with Crippen molar-refractivity contribution in [2.75, 3.05) is 5.33 Å².